The van der Waals surface area contributed by atoms with E-state index in [9.17, 15) is 22.8 Å². The number of ether oxygens (including phenoxy) is 1. The van der Waals surface area contributed by atoms with E-state index in [1.807, 2.05) is 30.3 Å². The molecule has 0 spiro atoms. The van der Waals surface area contributed by atoms with E-state index < -0.39 is 27.8 Å². The number of amides is 2. The van der Waals surface area contributed by atoms with Gasteiger partial charge in [0.15, 0.2) is 0 Å². The lowest BCUT2D eigenvalue weighted by Gasteiger charge is -2.14. The van der Waals surface area contributed by atoms with Crippen LogP contribution in [0.1, 0.15) is 34.4 Å². The maximum atomic E-state index is 13.2. The van der Waals surface area contributed by atoms with Crippen molar-refractivity contribution < 1.29 is 27.5 Å². The first-order chi connectivity index (χ1) is 20.1. The minimum Gasteiger partial charge on any atom is -0.460 e. The summed E-state index contributed by atoms with van der Waals surface area (Å²) in [6, 6.07) is 21.8. The van der Waals surface area contributed by atoms with E-state index in [1.165, 1.54) is 17.8 Å². The minimum absolute atomic E-state index is 0.0509. The number of rotatable bonds is 11. The van der Waals surface area contributed by atoms with Gasteiger partial charge in [-0.15, -0.1) is 11.8 Å². The number of carbonyl (C=O) groups excluding carboxylic acids is 3. The third kappa shape index (κ3) is 7.07. The number of hydrogen-bond donors (Lipinski definition) is 2. The first-order valence-corrected chi connectivity index (χ1v) is 15.7. The number of benzene rings is 3. The summed E-state index contributed by atoms with van der Waals surface area (Å²) in [6.07, 6.45) is 1.77. The van der Waals surface area contributed by atoms with Crippen molar-refractivity contribution in [3.8, 4) is 11.1 Å². The van der Waals surface area contributed by atoms with Gasteiger partial charge in [-0.25, -0.2) is 27.7 Å². The van der Waals surface area contributed by atoms with Crippen LogP contribution in [-0.2, 0) is 32.6 Å². The van der Waals surface area contributed by atoms with Gasteiger partial charge in [-0.2, -0.15) is 0 Å². The molecule has 1 heterocycles. The Morgan fingerprint density at radius 1 is 0.929 bits per heavy atom. The largest absolute Gasteiger partial charge is 0.460 e. The van der Waals surface area contributed by atoms with Gasteiger partial charge in [0.1, 0.15) is 16.5 Å². The monoisotopic (exact) mass is 606 g/mol. The van der Waals surface area contributed by atoms with Crippen molar-refractivity contribution in [1.29, 1.82) is 0 Å². The number of Topliss-reactive ketones (excluding diaryl/α,β-unsaturated/α-hetero) is 1. The van der Waals surface area contributed by atoms with Gasteiger partial charge in [0.2, 0.25) is 0 Å². The van der Waals surface area contributed by atoms with Gasteiger partial charge in [-0.3, -0.25) is 4.79 Å². The third-order valence-corrected chi connectivity index (χ3v) is 8.36. The smallest absolute Gasteiger partial charge is 0.381 e. The zero-order valence-electron chi connectivity index (χ0n) is 23.3. The number of nitrogens with zero attached hydrogens (tertiary/aromatic N) is 2. The van der Waals surface area contributed by atoms with Crippen molar-refractivity contribution in [2.45, 2.75) is 36.9 Å². The number of sulfonamides is 1. The van der Waals surface area contributed by atoms with Gasteiger partial charge < -0.3 is 14.6 Å². The highest BCUT2D eigenvalue weighted by Gasteiger charge is 2.28. The molecule has 1 aromatic heterocycles. The average molecular weight is 607 g/mol. The summed E-state index contributed by atoms with van der Waals surface area (Å²) in [5, 5.41) is 2.99. The Morgan fingerprint density at radius 3 is 2.26 bits per heavy atom. The van der Waals surface area contributed by atoms with Crippen molar-refractivity contribution >= 4 is 39.6 Å². The molecule has 0 atom stereocenters. The molecule has 12 heteroatoms. The molecule has 4 aromatic rings. The normalized spacial score (nSPS) is 11.1. The molecular weight excluding hydrogens is 576 g/mol. The number of thioether (sulfide) groups is 1. The summed E-state index contributed by atoms with van der Waals surface area (Å²) in [6.45, 7) is 3.89. The molecule has 218 valence electrons. The predicted octanol–water partition coefficient (Wildman–Crippen LogP) is 4.56. The van der Waals surface area contributed by atoms with E-state index >= 15 is 0 Å². The fourth-order valence-corrected chi connectivity index (χ4v) is 6.07. The lowest BCUT2D eigenvalue weighted by atomic mass is 10.0. The third-order valence-electron chi connectivity index (χ3n) is 6.30. The van der Waals surface area contributed by atoms with Crippen LogP contribution in [0.2, 0.25) is 0 Å². The molecule has 0 aliphatic carbocycles. The molecular formula is C30H30N4O6S2. The number of aromatic nitrogens is 2. The van der Waals surface area contributed by atoms with Crippen LogP contribution in [0.3, 0.4) is 0 Å². The molecule has 2 N–H and O–H groups in total. The molecule has 0 unspecified atom stereocenters. The lowest BCUT2D eigenvalue weighted by Crippen LogP contribution is -2.39. The van der Waals surface area contributed by atoms with Gasteiger partial charge in [0, 0.05) is 18.7 Å². The van der Waals surface area contributed by atoms with E-state index in [-0.39, 0.29) is 30.3 Å². The summed E-state index contributed by atoms with van der Waals surface area (Å²) in [5.74, 6) is -1.15. The van der Waals surface area contributed by atoms with Crippen LogP contribution < -0.4 is 10.0 Å². The highest BCUT2D eigenvalue weighted by molar-refractivity contribution is 7.98. The van der Waals surface area contributed by atoms with Crippen LogP contribution >= 0.6 is 11.8 Å². The Hall–Kier alpha value is -4.42. The minimum atomic E-state index is -4.19. The number of esters is 1. The zero-order chi connectivity index (χ0) is 30.3. The van der Waals surface area contributed by atoms with Crippen molar-refractivity contribution in [2.24, 2.45) is 0 Å². The standard InChI is InChI=1S/C30H30N4O6S2/c1-4-40-29(36)27(35)26-28(41-3)32-20(2)34(26)19-22-14-16-23(17-15-22)24-12-8-9-13-25(24)42(38,39)33-30(37)31-18-21-10-6-5-7-11-21/h5-17H,4,18-19H2,1-3H3,(H2,31,33,37). The predicted molar refractivity (Wildman–Crippen MR) is 160 cm³/mol. The van der Waals surface area contributed by atoms with Gasteiger partial charge >= 0.3 is 12.0 Å². The first kappa shape index (κ1) is 30.5. The molecule has 0 aliphatic rings. The van der Waals surface area contributed by atoms with Gasteiger partial charge in [-0.05, 0) is 42.9 Å². The number of urea groups is 1. The fraction of sp³-hybridized carbons (Fsp3) is 0.200. The van der Waals surface area contributed by atoms with Crippen molar-refractivity contribution in [2.75, 3.05) is 12.9 Å². The Labute approximate surface area is 248 Å². The SMILES string of the molecule is CCOC(=O)C(=O)c1c(SC)nc(C)n1Cc1ccc(-c2ccccc2S(=O)(=O)NC(=O)NCc2ccccc2)cc1. The van der Waals surface area contributed by atoms with Crippen LogP contribution in [0.4, 0.5) is 4.79 Å². The summed E-state index contributed by atoms with van der Waals surface area (Å²) in [5.41, 5.74) is 2.81. The maximum Gasteiger partial charge on any atom is 0.381 e. The Bertz CT molecular complexity index is 1700. The highest BCUT2D eigenvalue weighted by Crippen LogP contribution is 2.28. The lowest BCUT2D eigenvalue weighted by molar-refractivity contribution is -0.137. The van der Waals surface area contributed by atoms with Crippen LogP contribution in [0, 0.1) is 6.92 Å². The Kier molecular flexibility index (Phi) is 9.81. The number of carbonyl (C=O) groups is 3. The molecule has 0 aliphatic heterocycles. The second-order valence-electron chi connectivity index (χ2n) is 9.12. The molecule has 0 saturated carbocycles. The van der Waals surface area contributed by atoms with Crippen LogP contribution in [0.25, 0.3) is 11.1 Å². The van der Waals surface area contributed by atoms with E-state index in [4.69, 9.17) is 4.74 Å². The summed E-state index contributed by atoms with van der Waals surface area (Å²) in [4.78, 5) is 41.9. The molecule has 4 rings (SSSR count). The van der Waals surface area contributed by atoms with E-state index in [0.29, 0.717) is 22.0 Å². The first-order valence-electron chi connectivity index (χ1n) is 13.0. The zero-order valence-corrected chi connectivity index (χ0v) is 24.9. The Morgan fingerprint density at radius 2 is 1.60 bits per heavy atom. The van der Waals surface area contributed by atoms with Crippen molar-refractivity contribution in [1.82, 2.24) is 19.6 Å². The number of ketones is 1. The molecule has 10 nitrogen and oxygen atoms in total. The second-order valence-corrected chi connectivity index (χ2v) is 11.6. The van der Waals surface area contributed by atoms with Gasteiger partial charge in [-0.1, -0.05) is 72.8 Å². The molecule has 0 radical (unpaired) electrons. The number of aryl methyl sites for hydroxylation is 1. The van der Waals surface area contributed by atoms with Crippen LogP contribution in [0.5, 0.6) is 0 Å². The molecule has 42 heavy (non-hydrogen) atoms. The van der Waals surface area contributed by atoms with E-state index in [2.05, 4.69) is 15.0 Å². The Balaban J connectivity index is 1.55. The second kappa shape index (κ2) is 13.5. The summed E-state index contributed by atoms with van der Waals surface area (Å²) in [7, 11) is -4.19. The number of nitrogens with one attached hydrogen (secondary N) is 2. The molecule has 0 fully saturated rings. The fourth-order valence-electron chi connectivity index (χ4n) is 4.29. The van der Waals surface area contributed by atoms with E-state index in [0.717, 1.165) is 11.1 Å². The summed E-state index contributed by atoms with van der Waals surface area (Å²) < 4.78 is 35.0. The number of hydrogen-bond acceptors (Lipinski definition) is 8. The molecule has 2 amide bonds. The van der Waals surface area contributed by atoms with Gasteiger partial charge in [0.05, 0.1) is 11.5 Å². The quantitative estimate of drug-likeness (QED) is 0.110. The van der Waals surface area contributed by atoms with Crippen LogP contribution in [-0.4, -0.2) is 48.6 Å². The van der Waals surface area contributed by atoms with Gasteiger partial charge in [0.25, 0.3) is 15.8 Å². The highest BCUT2D eigenvalue weighted by atomic mass is 32.2. The van der Waals surface area contributed by atoms with E-state index in [1.54, 1.807) is 67.1 Å². The average Bonchev–Trinajstić information content (AvgIpc) is 3.31. The van der Waals surface area contributed by atoms with Crippen molar-refractivity contribution in [3.05, 3.63) is 102 Å². The number of imidazole rings is 1. The van der Waals surface area contributed by atoms with Crippen molar-refractivity contribution in [3.63, 3.8) is 0 Å². The maximum absolute atomic E-state index is 13.2. The molecule has 0 bridgehead atoms. The topological polar surface area (TPSA) is 136 Å². The summed E-state index contributed by atoms with van der Waals surface area (Å²) >= 11 is 1.26. The van der Waals surface area contributed by atoms with Crippen LogP contribution in [0.15, 0.2) is 88.8 Å². The molecule has 0 saturated heterocycles. The molecule has 3 aromatic carbocycles.